The number of carbonyl (C=O) groups excluding carboxylic acids is 2. The number of hydrogen-bond donors (Lipinski definition) is 1. The molecule has 1 N–H and O–H groups in total. The fourth-order valence-electron chi connectivity index (χ4n) is 2.97. The molecular formula is C20H18ClNO5S. The van der Waals surface area contributed by atoms with E-state index in [1.165, 1.54) is 19.1 Å². The van der Waals surface area contributed by atoms with E-state index in [1.54, 1.807) is 6.92 Å². The first-order chi connectivity index (χ1) is 13.1. The number of sulfone groups is 1. The van der Waals surface area contributed by atoms with Gasteiger partial charge >= 0.3 is 5.97 Å². The number of carbonyl (C=O) groups is 2. The summed E-state index contributed by atoms with van der Waals surface area (Å²) >= 11 is 6.02. The number of esters is 1. The van der Waals surface area contributed by atoms with Crippen LogP contribution in [0.25, 0.3) is 10.9 Å². The summed E-state index contributed by atoms with van der Waals surface area (Å²) in [7, 11) is -3.52. The smallest absolute Gasteiger partial charge is 0.340 e. The third kappa shape index (κ3) is 3.81. The second-order valence-electron chi connectivity index (χ2n) is 6.50. The number of aromatic nitrogens is 1. The highest BCUT2D eigenvalue weighted by Gasteiger charge is 2.26. The van der Waals surface area contributed by atoms with Gasteiger partial charge in [0, 0.05) is 28.4 Å². The van der Waals surface area contributed by atoms with Gasteiger partial charge in [-0.1, -0.05) is 29.8 Å². The molecule has 0 radical (unpaired) electrons. The second-order valence-corrected chi connectivity index (χ2v) is 8.92. The van der Waals surface area contributed by atoms with E-state index in [9.17, 15) is 18.0 Å². The number of nitrogens with one attached hydrogen (secondary N) is 1. The summed E-state index contributed by atoms with van der Waals surface area (Å²) in [6.45, 7) is 3.24. The summed E-state index contributed by atoms with van der Waals surface area (Å²) < 4.78 is 28.7. The average Bonchev–Trinajstić information content (AvgIpc) is 2.95. The molecule has 0 unspecified atom stereocenters. The molecule has 0 amide bonds. The van der Waals surface area contributed by atoms with Gasteiger partial charge in [-0.25, -0.2) is 13.2 Å². The number of fused-ring (bicyclic) bond motifs is 1. The van der Waals surface area contributed by atoms with E-state index in [0.717, 1.165) is 23.2 Å². The minimum atomic E-state index is -3.52. The van der Waals surface area contributed by atoms with Crippen LogP contribution in [-0.4, -0.2) is 37.5 Å². The quantitative estimate of drug-likeness (QED) is 0.499. The molecule has 2 aromatic carbocycles. The first-order valence-electron chi connectivity index (χ1n) is 8.41. The van der Waals surface area contributed by atoms with Gasteiger partial charge in [0.1, 0.15) is 0 Å². The molecule has 1 heterocycles. The molecule has 0 bridgehead atoms. The summed E-state index contributed by atoms with van der Waals surface area (Å²) in [5, 5.41) is 0.783. The van der Waals surface area contributed by atoms with Crippen LogP contribution in [0.3, 0.4) is 0 Å². The van der Waals surface area contributed by atoms with Gasteiger partial charge in [0.25, 0.3) is 0 Å². The van der Waals surface area contributed by atoms with E-state index in [4.69, 9.17) is 16.3 Å². The summed E-state index contributed by atoms with van der Waals surface area (Å²) in [4.78, 5) is 28.5. The van der Waals surface area contributed by atoms with Crippen molar-refractivity contribution in [2.24, 2.45) is 0 Å². The monoisotopic (exact) mass is 419 g/mol. The minimum absolute atomic E-state index is 0.0420. The van der Waals surface area contributed by atoms with Crippen molar-refractivity contribution in [2.45, 2.75) is 24.8 Å². The maximum atomic E-state index is 12.9. The molecule has 0 spiro atoms. The number of halogens is 1. The van der Waals surface area contributed by atoms with Crippen LogP contribution in [0, 0.1) is 6.92 Å². The molecule has 0 saturated carbocycles. The molecular weight excluding hydrogens is 402 g/mol. The van der Waals surface area contributed by atoms with E-state index in [-0.39, 0.29) is 21.3 Å². The molecule has 0 aliphatic rings. The lowest BCUT2D eigenvalue weighted by Gasteiger charge is -2.14. The summed E-state index contributed by atoms with van der Waals surface area (Å²) in [5.41, 5.74) is 1.82. The van der Waals surface area contributed by atoms with Gasteiger partial charge in [0.2, 0.25) is 5.78 Å². The zero-order valence-electron chi connectivity index (χ0n) is 15.4. The number of rotatable bonds is 5. The Kier molecular flexibility index (Phi) is 5.32. The highest BCUT2D eigenvalue weighted by atomic mass is 35.5. The molecule has 0 aliphatic carbocycles. The van der Waals surface area contributed by atoms with Crippen LogP contribution in [0.4, 0.5) is 0 Å². The number of Topliss-reactive ketones (excluding diaryl/α,β-unsaturated/α-hetero) is 1. The average molecular weight is 420 g/mol. The molecule has 8 heteroatoms. The van der Waals surface area contributed by atoms with E-state index in [1.807, 2.05) is 24.3 Å². The Morgan fingerprint density at radius 3 is 2.50 bits per heavy atom. The lowest BCUT2D eigenvalue weighted by Crippen LogP contribution is -2.25. The van der Waals surface area contributed by atoms with Crippen molar-refractivity contribution in [1.82, 2.24) is 4.98 Å². The topological polar surface area (TPSA) is 93.3 Å². The fourth-order valence-corrected chi connectivity index (χ4v) is 3.81. The van der Waals surface area contributed by atoms with E-state index >= 15 is 0 Å². The van der Waals surface area contributed by atoms with Gasteiger partial charge in [-0.15, -0.1) is 0 Å². The van der Waals surface area contributed by atoms with Crippen molar-refractivity contribution in [3.63, 3.8) is 0 Å². The van der Waals surface area contributed by atoms with Crippen molar-refractivity contribution in [1.29, 1.82) is 0 Å². The molecule has 0 aliphatic heterocycles. The van der Waals surface area contributed by atoms with E-state index in [2.05, 4.69) is 4.98 Å². The molecule has 3 aromatic rings. The minimum Gasteiger partial charge on any atom is -0.451 e. The third-order valence-corrected chi connectivity index (χ3v) is 5.82. The maximum Gasteiger partial charge on any atom is 0.340 e. The Hall–Kier alpha value is -2.64. The van der Waals surface area contributed by atoms with E-state index < -0.39 is 21.9 Å². The number of ketones is 1. The van der Waals surface area contributed by atoms with Gasteiger partial charge in [-0.05, 0) is 38.1 Å². The third-order valence-electron chi connectivity index (χ3n) is 4.38. The highest BCUT2D eigenvalue weighted by Crippen LogP contribution is 2.25. The SMILES string of the molecule is Cc1[nH]c2ccccc2c1C(=O)[C@H](C)OC(=O)c1cc(S(C)(=O)=O)ccc1Cl. The lowest BCUT2D eigenvalue weighted by molar-refractivity contribution is 0.0319. The molecule has 146 valence electrons. The summed E-state index contributed by atoms with van der Waals surface area (Å²) in [6.07, 6.45) is -0.0551. The maximum absolute atomic E-state index is 12.9. The van der Waals surface area contributed by atoms with Crippen molar-refractivity contribution < 1.29 is 22.7 Å². The van der Waals surface area contributed by atoms with Crippen LogP contribution in [0.15, 0.2) is 47.4 Å². The van der Waals surface area contributed by atoms with Crippen LogP contribution in [0.5, 0.6) is 0 Å². The van der Waals surface area contributed by atoms with Gasteiger partial charge in [-0.3, -0.25) is 4.79 Å². The van der Waals surface area contributed by atoms with Crippen molar-refractivity contribution in [3.05, 3.63) is 64.3 Å². The standard InChI is InChI=1S/C20H18ClNO5S/c1-11-18(14-6-4-5-7-17(14)22-11)19(23)12(2)27-20(24)15-10-13(28(3,25)26)8-9-16(15)21/h4-10,12,22H,1-3H3/t12-/m0/s1. The van der Waals surface area contributed by atoms with Crippen LogP contribution >= 0.6 is 11.6 Å². The normalized spacial score (nSPS) is 12.7. The Bertz CT molecular complexity index is 1200. The van der Waals surface area contributed by atoms with Gasteiger partial charge in [0.05, 0.1) is 15.5 Å². The van der Waals surface area contributed by atoms with Crippen LogP contribution in [0.2, 0.25) is 5.02 Å². The Morgan fingerprint density at radius 1 is 1.14 bits per heavy atom. The summed E-state index contributed by atoms with van der Waals surface area (Å²) in [5.74, 6) is -1.23. The lowest BCUT2D eigenvalue weighted by atomic mass is 10.0. The predicted octanol–water partition coefficient (Wildman–Crippen LogP) is 3.96. The van der Waals surface area contributed by atoms with E-state index in [0.29, 0.717) is 11.3 Å². The molecule has 0 fully saturated rings. The molecule has 6 nitrogen and oxygen atoms in total. The van der Waals surface area contributed by atoms with Crippen molar-refractivity contribution in [2.75, 3.05) is 6.26 Å². The number of para-hydroxylation sites is 1. The largest absolute Gasteiger partial charge is 0.451 e. The molecule has 3 rings (SSSR count). The Morgan fingerprint density at radius 2 is 1.82 bits per heavy atom. The van der Waals surface area contributed by atoms with Crippen LogP contribution in [-0.2, 0) is 14.6 Å². The first-order valence-corrected chi connectivity index (χ1v) is 10.7. The van der Waals surface area contributed by atoms with Crippen molar-refractivity contribution >= 4 is 44.1 Å². The Labute approximate surface area is 167 Å². The number of hydrogen-bond acceptors (Lipinski definition) is 5. The second kappa shape index (κ2) is 7.41. The number of benzene rings is 2. The predicted molar refractivity (Wildman–Crippen MR) is 107 cm³/mol. The Balaban J connectivity index is 1.88. The molecule has 1 atom stereocenters. The first kappa shape index (κ1) is 20.1. The molecule has 1 aromatic heterocycles. The molecule has 0 saturated heterocycles. The number of H-pyrrole nitrogens is 1. The summed E-state index contributed by atoms with van der Waals surface area (Å²) in [6, 6.07) is 11.1. The fraction of sp³-hybridized carbons (Fsp3) is 0.200. The zero-order chi connectivity index (χ0) is 20.6. The number of aromatic amines is 1. The number of ether oxygens (including phenoxy) is 1. The van der Waals surface area contributed by atoms with Crippen molar-refractivity contribution in [3.8, 4) is 0 Å². The van der Waals surface area contributed by atoms with Crippen LogP contribution in [0.1, 0.15) is 33.3 Å². The zero-order valence-corrected chi connectivity index (χ0v) is 17.0. The highest BCUT2D eigenvalue weighted by molar-refractivity contribution is 7.90. The van der Waals surface area contributed by atoms with Gasteiger partial charge in [-0.2, -0.15) is 0 Å². The number of aryl methyl sites for hydroxylation is 1. The van der Waals surface area contributed by atoms with Crippen LogP contribution < -0.4 is 0 Å². The molecule has 28 heavy (non-hydrogen) atoms. The van der Waals surface area contributed by atoms with Gasteiger partial charge in [0.15, 0.2) is 15.9 Å². The van der Waals surface area contributed by atoms with Gasteiger partial charge < -0.3 is 9.72 Å².